The third-order valence-electron chi connectivity index (χ3n) is 2.56. The first-order chi connectivity index (χ1) is 7.66. The number of carbonyl (C=O) groups is 1. The molecule has 1 aromatic rings. The molecule has 1 aliphatic heterocycles. The minimum atomic E-state index is 0.237. The maximum atomic E-state index is 12.0. The third kappa shape index (κ3) is 3.09. The van der Waals surface area contributed by atoms with E-state index in [1.807, 2.05) is 23.2 Å². The number of hydrogen-bond acceptors (Lipinski definition) is 4. The predicted octanol–water partition coefficient (Wildman–Crippen LogP) is 3.13. The van der Waals surface area contributed by atoms with Crippen molar-refractivity contribution >= 4 is 44.8 Å². The van der Waals surface area contributed by atoms with E-state index in [0.717, 1.165) is 28.2 Å². The number of nitrogens with zero attached hydrogens (tertiary/aromatic N) is 1. The molecule has 0 radical (unpaired) electrons. The van der Waals surface area contributed by atoms with E-state index in [9.17, 15) is 4.79 Å². The predicted molar refractivity (Wildman–Crippen MR) is 74.7 cm³/mol. The van der Waals surface area contributed by atoms with Crippen LogP contribution in [-0.4, -0.2) is 41.3 Å². The second-order valence-electron chi connectivity index (χ2n) is 3.94. The molecule has 1 fully saturated rings. The smallest absolute Gasteiger partial charge is 0.187 e. The van der Waals surface area contributed by atoms with Crippen LogP contribution in [0.4, 0.5) is 0 Å². The first-order valence-corrected chi connectivity index (χ1v) is 7.99. The highest BCUT2D eigenvalue weighted by molar-refractivity contribution is 9.10. The van der Waals surface area contributed by atoms with Gasteiger partial charge in [-0.25, -0.2) is 0 Å². The Morgan fingerprint density at radius 2 is 2.50 bits per heavy atom. The molecule has 2 heterocycles. The lowest BCUT2D eigenvalue weighted by Crippen LogP contribution is -2.39. The van der Waals surface area contributed by atoms with Crippen molar-refractivity contribution in [2.24, 2.45) is 0 Å². The van der Waals surface area contributed by atoms with Gasteiger partial charge in [0, 0.05) is 28.6 Å². The summed E-state index contributed by atoms with van der Waals surface area (Å²) < 4.78 is 0.932. The van der Waals surface area contributed by atoms with Gasteiger partial charge in [0.25, 0.3) is 0 Å². The van der Waals surface area contributed by atoms with Gasteiger partial charge in [0.2, 0.25) is 0 Å². The number of thiophene rings is 1. The van der Waals surface area contributed by atoms with Crippen molar-refractivity contribution in [2.75, 3.05) is 25.4 Å². The lowest BCUT2D eigenvalue weighted by molar-refractivity contribution is 0.0937. The Balaban J connectivity index is 1.95. The highest BCUT2D eigenvalue weighted by atomic mass is 79.9. The maximum absolute atomic E-state index is 12.0. The quantitative estimate of drug-likeness (QED) is 0.798. The number of Topliss-reactive ketones (excluding diaryl/α,β-unsaturated/α-hetero) is 1. The van der Waals surface area contributed by atoms with Crippen molar-refractivity contribution < 1.29 is 4.79 Å². The van der Waals surface area contributed by atoms with Crippen molar-refractivity contribution in [1.82, 2.24) is 4.90 Å². The number of hydrogen-bond donors (Lipinski definition) is 0. The summed E-state index contributed by atoms with van der Waals surface area (Å²) in [6, 6.07) is 1.94. The van der Waals surface area contributed by atoms with Gasteiger partial charge in [-0.3, -0.25) is 9.69 Å². The van der Waals surface area contributed by atoms with E-state index in [1.165, 1.54) is 11.3 Å². The molecule has 1 saturated heterocycles. The van der Waals surface area contributed by atoms with Gasteiger partial charge >= 0.3 is 0 Å². The lowest BCUT2D eigenvalue weighted by atomic mass is 10.3. The molecule has 0 aliphatic carbocycles. The molecule has 0 spiro atoms. The minimum Gasteiger partial charge on any atom is -0.294 e. The normalized spacial score (nSPS) is 22.2. The van der Waals surface area contributed by atoms with Gasteiger partial charge in [-0.1, -0.05) is 6.92 Å². The molecule has 1 aromatic heterocycles. The molecule has 1 aliphatic rings. The van der Waals surface area contributed by atoms with Gasteiger partial charge in [-0.2, -0.15) is 11.8 Å². The molecule has 1 atom stereocenters. The number of thioether (sulfide) groups is 1. The van der Waals surface area contributed by atoms with Crippen LogP contribution in [0, 0.1) is 0 Å². The topological polar surface area (TPSA) is 20.3 Å². The van der Waals surface area contributed by atoms with Crippen molar-refractivity contribution in [1.29, 1.82) is 0 Å². The zero-order valence-corrected chi connectivity index (χ0v) is 12.3. The van der Waals surface area contributed by atoms with Crippen LogP contribution in [0.15, 0.2) is 15.9 Å². The summed E-state index contributed by atoms with van der Waals surface area (Å²) in [6.07, 6.45) is 0. The second-order valence-corrected chi connectivity index (χ2v) is 7.25. The van der Waals surface area contributed by atoms with E-state index < -0.39 is 0 Å². The minimum absolute atomic E-state index is 0.237. The van der Waals surface area contributed by atoms with E-state index in [-0.39, 0.29) is 5.78 Å². The number of rotatable bonds is 3. The third-order valence-corrected chi connectivity index (χ3v) is 5.58. The Morgan fingerprint density at radius 3 is 3.12 bits per heavy atom. The molecule has 16 heavy (non-hydrogen) atoms. The van der Waals surface area contributed by atoms with Crippen molar-refractivity contribution in [3.8, 4) is 0 Å². The zero-order chi connectivity index (χ0) is 11.5. The molecule has 0 saturated carbocycles. The number of carbonyl (C=O) groups excluding carboxylic acids is 1. The van der Waals surface area contributed by atoms with Gasteiger partial charge in [0.1, 0.15) is 0 Å². The maximum Gasteiger partial charge on any atom is 0.187 e. The first-order valence-electron chi connectivity index (χ1n) is 5.27. The van der Waals surface area contributed by atoms with Crippen molar-refractivity contribution in [3.05, 3.63) is 20.8 Å². The van der Waals surface area contributed by atoms with Gasteiger partial charge in [-0.05, 0) is 27.4 Å². The summed E-state index contributed by atoms with van der Waals surface area (Å²) in [6.45, 7) is 4.84. The summed E-state index contributed by atoms with van der Waals surface area (Å²) in [5.41, 5.74) is 0. The van der Waals surface area contributed by atoms with Crippen LogP contribution in [0.25, 0.3) is 0 Å². The largest absolute Gasteiger partial charge is 0.294 e. The van der Waals surface area contributed by atoms with E-state index in [0.29, 0.717) is 11.8 Å². The molecule has 2 nitrogen and oxygen atoms in total. The molecule has 2 rings (SSSR count). The van der Waals surface area contributed by atoms with Crippen LogP contribution in [0.2, 0.25) is 0 Å². The molecule has 0 bridgehead atoms. The van der Waals surface area contributed by atoms with Gasteiger partial charge in [-0.15, -0.1) is 11.3 Å². The first kappa shape index (κ1) is 12.6. The second kappa shape index (κ2) is 5.67. The standard InChI is InChI=1S/C11H14BrNOS2/c1-8-6-13(3-5-15-8)7-10(14)11-9(12)2-4-16-11/h2,4,8H,3,5-7H2,1H3. The Morgan fingerprint density at radius 1 is 1.69 bits per heavy atom. The fraction of sp³-hybridized carbons (Fsp3) is 0.545. The van der Waals surface area contributed by atoms with E-state index in [1.54, 1.807) is 0 Å². The van der Waals surface area contributed by atoms with Crippen molar-refractivity contribution in [3.63, 3.8) is 0 Å². The molecule has 5 heteroatoms. The summed E-state index contributed by atoms with van der Waals surface area (Å²) in [7, 11) is 0. The SMILES string of the molecule is CC1CN(CC(=O)c2sccc2Br)CCS1. The summed E-state index contributed by atoms with van der Waals surface area (Å²) in [5.74, 6) is 1.38. The van der Waals surface area contributed by atoms with Crippen LogP contribution < -0.4 is 0 Å². The molecule has 0 amide bonds. The Hall–Kier alpha value is 0.160. The molecule has 88 valence electrons. The van der Waals surface area contributed by atoms with Crippen LogP contribution in [0.3, 0.4) is 0 Å². The molecular weight excluding hydrogens is 306 g/mol. The summed E-state index contributed by atoms with van der Waals surface area (Å²) >= 11 is 6.92. The van der Waals surface area contributed by atoms with Crippen LogP contribution in [0.5, 0.6) is 0 Å². The van der Waals surface area contributed by atoms with Crippen LogP contribution >= 0.6 is 39.0 Å². The summed E-state index contributed by atoms with van der Waals surface area (Å²) in [4.78, 5) is 15.1. The van der Waals surface area contributed by atoms with Crippen LogP contribution in [0.1, 0.15) is 16.6 Å². The van der Waals surface area contributed by atoms with E-state index >= 15 is 0 Å². The molecular formula is C11H14BrNOS2. The fourth-order valence-corrected chi connectivity index (χ4v) is 4.41. The molecule has 0 aromatic carbocycles. The van der Waals surface area contributed by atoms with E-state index in [2.05, 4.69) is 27.8 Å². The van der Waals surface area contributed by atoms with Gasteiger partial charge < -0.3 is 0 Å². The fourth-order valence-electron chi connectivity index (χ4n) is 1.80. The Kier molecular flexibility index (Phi) is 4.47. The highest BCUT2D eigenvalue weighted by Crippen LogP contribution is 2.24. The van der Waals surface area contributed by atoms with E-state index in [4.69, 9.17) is 0 Å². The van der Waals surface area contributed by atoms with Crippen molar-refractivity contribution in [2.45, 2.75) is 12.2 Å². The Labute approximate surface area is 113 Å². The van der Waals surface area contributed by atoms with Gasteiger partial charge in [0.15, 0.2) is 5.78 Å². The average Bonchev–Trinajstić information content (AvgIpc) is 2.64. The van der Waals surface area contributed by atoms with Gasteiger partial charge in [0.05, 0.1) is 11.4 Å². The lowest BCUT2D eigenvalue weighted by Gasteiger charge is -2.29. The molecule has 0 N–H and O–H groups in total. The monoisotopic (exact) mass is 319 g/mol. The number of ketones is 1. The summed E-state index contributed by atoms with van der Waals surface area (Å²) in [5, 5.41) is 2.60. The number of halogens is 1. The van der Waals surface area contributed by atoms with Crippen LogP contribution in [-0.2, 0) is 0 Å². The highest BCUT2D eigenvalue weighted by Gasteiger charge is 2.20. The molecule has 1 unspecified atom stereocenters. The average molecular weight is 320 g/mol. The zero-order valence-electron chi connectivity index (χ0n) is 9.11. The Bertz CT molecular complexity index is 380.